The number of benzene rings is 2. The van der Waals surface area contributed by atoms with Crippen LogP contribution in [0, 0.1) is 13.8 Å². The van der Waals surface area contributed by atoms with Crippen LogP contribution in [0.15, 0.2) is 40.7 Å². The van der Waals surface area contributed by atoms with Crippen molar-refractivity contribution in [3.63, 3.8) is 0 Å². The van der Waals surface area contributed by atoms with E-state index in [9.17, 15) is 4.79 Å². The van der Waals surface area contributed by atoms with Crippen molar-refractivity contribution in [1.82, 2.24) is 15.5 Å². The molecule has 31 heavy (non-hydrogen) atoms. The van der Waals surface area contributed by atoms with E-state index < -0.39 is 0 Å². The van der Waals surface area contributed by atoms with Crippen molar-refractivity contribution in [2.24, 2.45) is 0 Å². The van der Waals surface area contributed by atoms with Gasteiger partial charge in [0.25, 0.3) is 0 Å². The average molecular weight is 459 g/mol. The molecule has 0 unspecified atom stereocenters. The lowest BCUT2D eigenvalue weighted by molar-refractivity contribution is -0.118. The lowest BCUT2D eigenvalue weighted by Crippen LogP contribution is -2.27. The first-order chi connectivity index (χ1) is 15.0. The van der Waals surface area contributed by atoms with Gasteiger partial charge in [-0.25, -0.2) is 0 Å². The molecule has 2 aromatic carbocycles. The number of ether oxygens (including phenoxy) is 2. The van der Waals surface area contributed by atoms with E-state index in [-0.39, 0.29) is 5.91 Å². The number of thioether (sulfide) groups is 1. The van der Waals surface area contributed by atoms with Crippen molar-refractivity contribution >= 4 is 39.8 Å². The van der Waals surface area contributed by atoms with E-state index in [0.29, 0.717) is 35.3 Å². The molecule has 7 nitrogen and oxygen atoms in total. The van der Waals surface area contributed by atoms with Gasteiger partial charge in [-0.05, 0) is 55.2 Å². The first-order valence-electron chi connectivity index (χ1n) is 9.77. The normalized spacial score (nSPS) is 10.6. The Morgan fingerprint density at radius 1 is 1.10 bits per heavy atom. The highest BCUT2D eigenvalue weighted by molar-refractivity contribution is 8.01. The number of methoxy groups -OCH3 is 2. The fourth-order valence-electron chi connectivity index (χ4n) is 2.88. The minimum atomic E-state index is -0.0373. The second-order valence-corrected chi connectivity index (χ2v) is 9.02. The maximum atomic E-state index is 12.2. The van der Waals surface area contributed by atoms with E-state index >= 15 is 0 Å². The summed E-state index contributed by atoms with van der Waals surface area (Å²) < 4.78 is 11.3. The van der Waals surface area contributed by atoms with Crippen LogP contribution in [0.2, 0.25) is 0 Å². The monoisotopic (exact) mass is 458 g/mol. The Morgan fingerprint density at radius 2 is 1.90 bits per heavy atom. The molecule has 0 atom stereocenters. The minimum Gasteiger partial charge on any atom is -0.493 e. The molecule has 164 valence electrons. The van der Waals surface area contributed by atoms with Gasteiger partial charge in [-0.2, -0.15) is 0 Å². The number of hydrogen-bond acceptors (Lipinski definition) is 8. The summed E-state index contributed by atoms with van der Waals surface area (Å²) in [5.74, 6) is 1.63. The van der Waals surface area contributed by atoms with E-state index in [4.69, 9.17) is 9.47 Å². The third kappa shape index (κ3) is 6.35. The van der Waals surface area contributed by atoms with Gasteiger partial charge < -0.3 is 20.1 Å². The van der Waals surface area contributed by atoms with Crippen LogP contribution in [0.3, 0.4) is 0 Å². The van der Waals surface area contributed by atoms with Gasteiger partial charge in [0.2, 0.25) is 11.0 Å². The number of carbonyl (C=O) groups excluding carboxylic acids is 1. The Morgan fingerprint density at radius 3 is 2.68 bits per heavy atom. The first kappa shape index (κ1) is 22.9. The largest absolute Gasteiger partial charge is 0.493 e. The Bertz CT molecular complexity index is 1040. The zero-order valence-electron chi connectivity index (χ0n) is 18.0. The number of aromatic nitrogens is 2. The summed E-state index contributed by atoms with van der Waals surface area (Å²) in [5, 5.41) is 15.3. The summed E-state index contributed by atoms with van der Waals surface area (Å²) in [6, 6.07) is 11.9. The predicted octanol–water partition coefficient (Wildman–Crippen LogP) is 4.37. The molecule has 1 heterocycles. The highest BCUT2D eigenvalue weighted by Gasteiger charge is 2.10. The summed E-state index contributed by atoms with van der Waals surface area (Å²) in [4.78, 5) is 12.2. The standard InChI is InChI=1S/C22H26N4O3S2/c1-14-6-5-7-17(15(14)2)24-21-25-26-22(31-21)30-13-20(27)23-11-10-16-8-9-18(28-3)19(12-16)29-4/h5-9,12H,10-11,13H2,1-4H3,(H,23,27)(H,24,25). The van der Waals surface area contributed by atoms with Crippen LogP contribution in [0.25, 0.3) is 0 Å². The van der Waals surface area contributed by atoms with Gasteiger partial charge in [0, 0.05) is 12.2 Å². The molecule has 0 aliphatic carbocycles. The Kier molecular flexibility index (Phi) is 8.13. The second kappa shape index (κ2) is 11.0. The maximum absolute atomic E-state index is 12.2. The Labute approximate surface area is 190 Å². The van der Waals surface area contributed by atoms with Gasteiger partial charge in [0.15, 0.2) is 15.8 Å². The summed E-state index contributed by atoms with van der Waals surface area (Å²) >= 11 is 2.82. The van der Waals surface area contributed by atoms with Crippen molar-refractivity contribution in [3.8, 4) is 11.5 Å². The maximum Gasteiger partial charge on any atom is 0.230 e. The molecule has 0 fully saturated rings. The highest BCUT2D eigenvalue weighted by atomic mass is 32.2. The van der Waals surface area contributed by atoms with E-state index in [2.05, 4.69) is 40.7 Å². The average Bonchev–Trinajstić information content (AvgIpc) is 3.22. The van der Waals surface area contributed by atoms with Crippen molar-refractivity contribution in [2.45, 2.75) is 24.6 Å². The topological polar surface area (TPSA) is 85.4 Å². The number of nitrogens with one attached hydrogen (secondary N) is 2. The third-order valence-corrected chi connectivity index (χ3v) is 6.74. The van der Waals surface area contributed by atoms with Gasteiger partial charge in [-0.1, -0.05) is 41.3 Å². The number of nitrogens with zero attached hydrogens (tertiary/aromatic N) is 2. The molecule has 2 N–H and O–H groups in total. The van der Waals surface area contributed by atoms with Crippen LogP contribution in [-0.4, -0.2) is 42.6 Å². The molecule has 0 aliphatic rings. The fourth-order valence-corrected chi connectivity index (χ4v) is 4.48. The van der Waals surface area contributed by atoms with Gasteiger partial charge in [-0.15, -0.1) is 10.2 Å². The van der Waals surface area contributed by atoms with E-state index in [0.717, 1.165) is 15.6 Å². The minimum absolute atomic E-state index is 0.0373. The highest BCUT2D eigenvalue weighted by Crippen LogP contribution is 2.29. The van der Waals surface area contributed by atoms with Crippen molar-refractivity contribution in [3.05, 3.63) is 53.1 Å². The number of hydrogen-bond donors (Lipinski definition) is 2. The number of carbonyl (C=O) groups is 1. The smallest absolute Gasteiger partial charge is 0.230 e. The van der Waals surface area contributed by atoms with Crippen LogP contribution in [0.4, 0.5) is 10.8 Å². The van der Waals surface area contributed by atoms with Gasteiger partial charge in [0.05, 0.1) is 20.0 Å². The molecular weight excluding hydrogens is 432 g/mol. The number of rotatable bonds is 10. The summed E-state index contributed by atoms with van der Waals surface area (Å²) in [7, 11) is 3.22. The molecule has 1 amide bonds. The molecule has 0 radical (unpaired) electrons. The molecule has 0 saturated heterocycles. The third-order valence-electron chi connectivity index (χ3n) is 4.76. The molecule has 0 spiro atoms. The molecule has 0 saturated carbocycles. The van der Waals surface area contributed by atoms with E-state index in [1.807, 2.05) is 30.3 Å². The SMILES string of the molecule is COc1ccc(CCNC(=O)CSc2nnc(Nc3cccc(C)c3C)s2)cc1OC. The molecule has 0 bridgehead atoms. The molecule has 1 aromatic heterocycles. The molecule has 3 rings (SSSR count). The zero-order valence-corrected chi connectivity index (χ0v) is 19.7. The van der Waals surface area contributed by atoms with E-state index in [1.54, 1.807) is 14.2 Å². The molecule has 0 aliphatic heterocycles. The summed E-state index contributed by atoms with van der Waals surface area (Å²) in [5.41, 5.74) is 4.48. The second-order valence-electron chi connectivity index (χ2n) is 6.82. The van der Waals surface area contributed by atoms with Crippen molar-refractivity contribution in [2.75, 3.05) is 31.8 Å². The Balaban J connectivity index is 1.43. The zero-order chi connectivity index (χ0) is 22.2. The van der Waals surface area contributed by atoms with Crippen molar-refractivity contribution in [1.29, 1.82) is 0 Å². The quantitative estimate of drug-likeness (QED) is 0.437. The van der Waals surface area contributed by atoms with Crippen LogP contribution in [-0.2, 0) is 11.2 Å². The van der Waals surface area contributed by atoms with Gasteiger partial charge >= 0.3 is 0 Å². The van der Waals surface area contributed by atoms with Crippen molar-refractivity contribution < 1.29 is 14.3 Å². The number of amides is 1. The van der Waals surface area contributed by atoms with Crippen LogP contribution < -0.4 is 20.1 Å². The van der Waals surface area contributed by atoms with Crippen LogP contribution in [0.1, 0.15) is 16.7 Å². The number of aryl methyl sites for hydroxylation is 1. The number of anilines is 2. The summed E-state index contributed by atoms with van der Waals surface area (Å²) in [6.07, 6.45) is 0.708. The molecule has 3 aromatic rings. The van der Waals surface area contributed by atoms with Crippen LogP contribution >= 0.6 is 23.1 Å². The fraction of sp³-hybridized carbons (Fsp3) is 0.318. The summed E-state index contributed by atoms with van der Waals surface area (Å²) in [6.45, 7) is 4.69. The molecule has 9 heteroatoms. The first-order valence-corrected chi connectivity index (χ1v) is 11.6. The Hall–Kier alpha value is -2.78. The molecular formula is C22H26N4O3S2. The predicted molar refractivity (Wildman–Crippen MR) is 126 cm³/mol. The van der Waals surface area contributed by atoms with E-state index in [1.165, 1.54) is 34.2 Å². The van der Waals surface area contributed by atoms with Gasteiger partial charge in [-0.3, -0.25) is 4.79 Å². The van der Waals surface area contributed by atoms with Gasteiger partial charge in [0.1, 0.15) is 0 Å². The lowest BCUT2D eigenvalue weighted by atomic mass is 10.1. The lowest BCUT2D eigenvalue weighted by Gasteiger charge is -2.10. The van der Waals surface area contributed by atoms with Crippen LogP contribution in [0.5, 0.6) is 11.5 Å².